The Morgan fingerprint density at radius 3 is 2.88 bits per heavy atom. The van der Waals surface area contributed by atoms with Gasteiger partial charge in [0.15, 0.2) is 0 Å². The van der Waals surface area contributed by atoms with E-state index >= 15 is 0 Å². The van der Waals surface area contributed by atoms with Gasteiger partial charge in [-0.1, -0.05) is 0 Å². The van der Waals surface area contributed by atoms with Crippen LogP contribution in [0.25, 0.3) is 0 Å². The van der Waals surface area contributed by atoms with Gasteiger partial charge in [-0.2, -0.15) is 0 Å². The fourth-order valence-electron chi connectivity index (χ4n) is 1.36. The lowest BCUT2D eigenvalue weighted by Gasteiger charge is -2.08. The first-order valence-electron chi connectivity index (χ1n) is 5.33. The third-order valence-electron chi connectivity index (χ3n) is 2.09. The Bertz CT molecular complexity index is 382. The molecule has 0 fully saturated rings. The first-order chi connectivity index (χ1) is 8.17. The number of nitrogen functional groups attached to an aromatic ring is 1. The number of methoxy groups -OCH3 is 1. The Morgan fingerprint density at radius 2 is 2.24 bits per heavy atom. The second kappa shape index (κ2) is 7.06. The summed E-state index contributed by atoms with van der Waals surface area (Å²) < 4.78 is 10.1. The molecule has 2 N–H and O–H groups in total. The van der Waals surface area contributed by atoms with E-state index in [0.717, 1.165) is 11.3 Å². The lowest BCUT2D eigenvalue weighted by molar-refractivity contribution is -0.139. The summed E-state index contributed by atoms with van der Waals surface area (Å²) in [6.45, 7) is 2.21. The van der Waals surface area contributed by atoms with Crippen molar-refractivity contribution in [3.8, 4) is 5.75 Å². The Balaban J connectivity index is 2.50. The summed E-state index contributed by atoms with van der Waals surface area (Å²) in [5.74, 6) is 1.61. The Kier molecular flexibility index (Phi) is 5.69. The number of hydrogen-bond donors (Lipinski definition) is 1. The van der Waals surface area contributed by atoms with E-state index in [1.165, 1.54) is 11.8 Å². The maximum absolute atomic E-state index is 11.2. The maximum Gasteiger partial charge on any atom is 0.315 e. The molecule has 0 saturated heterocycles. The molecule has 0 atom stereocenters. The highest BCUT2D eigenvalue weighted by Gasteiger charge is 2.06. The van der Waals surface area contributed by atoms with E-state index < -0.39 is 0 Å². The van der Waals surface area contributed by atoms with Crippen LogP contribution < -0.4 is 10.5 Å². The van der Waals surface area contributed by atoms with Crippen LogP contribution in [0, 0.1) is 0 Å². The maximum atomic E-state index is 11.2. The van der Waals surface area contributed by atoms with Crippen molar-refractivity contribution in [2.45, 2.75) is 12.7 Å². The van der Waals surface area contributed by atoms with Crippen LogP contribution in [0.15, 0.2) is 18.2 Å². The molecule has 0 amide bonds. The zero-order valence-corrected chi connectivity index (χ0v) is 10.9. The number of ether oxygens (including phenoxy) is 2. The van der Waals surface area contributed by atoms with E-state index in [9.17, 15) is 4.79 Å². The Labute approximate surface area is 105 Å². The normalized spacial score (nSPS) is 10.0. The highest BCUT2D eigenvalue weighted by molar-refractivity contribution is 7.99. The number of carbonyl (C=O) groups is 1. The topological polar surface area (TPSA) is 61.5 Å². The third kappa shape index (κ3) is 4.56. The molecule has 5 heteroatoms. The zero-order valence-electron chi connectivity index (χ0n) is 10.1. The predicted molar refractivity (Wildman–Crippen MR) is 70.2 cm³/mol. The van der Waals surface area contributed by atoms with Crippen LogP contribution in [-0.4, -0.2) is 25.4 Å². The van der Waals surface area contributed by atoms with Crippen molar-refractivity contribution in [3.05, 3.63) is 23.8 Å². The fourth-order valence-corrected chi connectivity index (χ4v) is 2.16. The molecule has 1 rings (SSSR count). The fraction of sp³-hybridized carbons (Fsp3) is 0.417. The standard InChI is InChI=1S/C12H17NO3S/c1-3-16-12(14)8-17-7-9-6-10(13)4-5-11(9)15-2/h4-6H,3,7-8,13H2,1-2H3. The number of rotatable bonds is 6. The minimum Gasteiger partial charge on any atom is -0.496 e. The van der Waals surface area contributed by atoms with Crippen LogP contribution in [0.2, 0.25) is 0 Å². The molecule has 1 aromatic rings. The molecule has 1 aromatic carbocycles. The van der Waals surface area contributed by atoms with Gasteiger partial charge in [-0.3, -0.25) is 4.79 Å². The monoisotopic (exact) mass is 255 g/mol. The van der Waals surface area contributed by atoms with Gasteiger partial charge in [0.25, 0.3) is 0 Å². The smallest absolute Gasteiger partial charge is 0.315 e. The molecule has 4 nitrogen and oxygen atoms in total. The van der Waals surface area contributed by atoms with Gasteiger partial charge in [0.05, 0.1) is 19.5 Å². The molecule has 0 saturated carbocycles. The molecule has 0 unspecified atom stereocenters. The number of esters is 1. The van der Waals surface area contributed by atoms with Crippen molar-refractivity contribution in [2.75, 3.05) is 25.2 Å². The average molecular weight is 255 g/mol. The minimum atomic E-state index is -0.194. The van der Waals surface area contributed by atoms with Crippen molar-refractivity contribution in [1.82, 2.24) is 0 Å². The quantitative estimate of drug-likeness (QED) is 0.623. The molecule has 0 bridgehead atoms. The van der Waals surface area contributed by atoms with Crippen molar-refractivity contribution in [2.24, 2.45) is 0 Å². The largest absolute Gasteiger partial charge is 0.496 e. The second-order valence-electron chi connectivity index (χ2n) is 3.37. The summed E-state index contributed by atoms with van der Waals surface area (Å²) in [6, 6.07) is 5.48. The summed E-state index contributed by atoms with van der Waals surface area (Å²) in [5, 5.41) is 0. The van der Waals surface area contributed by atoms with Crippen LogP contribution in [-0.2, 0) is 15.3 Å². The molecule has 0 heterocycles. The zero-order chi connectivity index (χ0) is 12.7. The van der Waals surface area contributed by atoms with Gasteiger partial charge in [-0.05, 0) is 25.1 Å². The van der Waals surface area contributed by atoms with Crippen LogP contribution in [0.5, 0.6) is 5.75 Å². The molecule has 0 aromatic heterocycles. The van der Waals surface area contributed by atoms with E-state index in [1.807, 2.05) is 12.1 Å². The summed E-state index contributed by atoms with van der Waals surface area (Å²) in [5.41, 5.74) is 7.38. The molecule has 17 heavy (non-hydrogen) atoms. The van der Waals surface area contributed by atoms with E-state index in [2.05, 4.69) is 0 Å². The van der Waals surface area contributed by atoms with E-state index in [1.54, 1.807) is 20.1 Å². The predicted octanol–water partition coefficient (Wildman–Crippen LogP) is 2.07. The van der Waals surface area contributed by atoms with Crippen molar-refractivity contribution < 1.29 is 14.3 Å². The highest BCUT2D eigenvalue weighted by Crippen LogP contribution is 2.25. The second-order valence-corrected chi connectivity index (χ2v) is 4.35. The highest BCUT2D eigenvalue weighted by atomic mass is 32.2. The summed E-state index contributed by atoms with van der Waals surface area (Å²) in [4.78, 5) is 11.2. The SMILES string of the molecule is CCOC(=O)CSCc1cc(N)ccc1OC. The number of anilines is 1. The van der Waals surface area contributed by atoms with Gasteiger partial charge in [0, 0.05) is 17.0 Å². The number of nitrogens with two attached hydrogens (primary N) is 1. The number of hydrogen-bond acceptors (Lipinski definition) is 5. The van der Waals surface area contributed by atoms with Crippen molar-refractivity contribution >= 4 is 23.4 Å². The van der Waals surface area contributed by atoms with Gasteiger partial charge in [0.1, 0.15) is 5.75 Å². The van der Waals surface area contributed by atoms with Crippen LogP contribution >= 0.6 is 11.8 Å². The lowest BCUT2D eigenvalue weighted by atomic mass is 10.2. The van der Waals surface area contributed by atoms with E-state index in [4.69, 9.17) is 15.2 Å². The first-order valence-corrected chi connectivity index (χ1v) is 6.48. The molecule has 0 spiro atoms. The molecule has 0 aliphatic carbocycles. The molecule has 0 aliphatic heterocycles. The average Bonchev–Trinajstić information content (AvgIpc) is 2.30. The summed E-state index contributed by atoms with van der Waals surface area (Å²) >= 11 is 1.48. The van der Waals surface area contributed by atoms with Crippen molar-refractivity contribution in [3.63, 3.8) is 0 Å². The molecule has 0 aliphatic rings. The Morgan fingerprint density at radius 1 is 1.47 bits per heavy atom. The lowest BCUT2D eigenvalue weighted by Crippen LogP contribution is -2.06. The summed E-state index contributed by atoms with van der Waals surface area (Å²) in [6.07, 6.45) is 0. The van der Waals surface area contributed by atoms with Gasteiger partial charge in [0.2, 0.25) is 0 Å². The van der Waals surface area contributed by atoms with Gasteiger partial charge in [-0.15, -0.1) is 11.8 Å². The summed E-state index contributed by atoms with van der Waals surface area (Å²) in [7, 11) is 1.62. The number of benzene rings is 1. The Hall–Kier alpha value is -1.36. The molecular formula is C12H17NO3S. The van der Waals surface area contributed by atoms with Gasteiger partial charge in [-0.25, -0.2) is 0 Å². The van der Waals surface area contributed by atoms with Gasteiger partial charge >= 0.3 is 5.97 Å². The van der Waals surface area contributed by atoms with Crippen LogP contribution in [0.3, 0.4) is 0 Å². The van der Waals surface area contributed by atoms with E-state index in [-0.39, 0.29) is 5.97 Å². The molecular weight excluding hydrogens is 238 g/mol. The van der Waals surface area contributed by atoms with Crippen molar-refractivity contribution in [1.29, 1.82) is 0 Å². The van der Waals surface area contributed by atoms with Crippen LogP contribution in [0.1, 0.15) is 12.5 Å². The van der Waals surface area contributed by atoms with Crippen LogP contribution in [0.4, 0.5) is 5.69 Å². The number of carbonyl (C=O) groups excluding carboxylic acids is 1. The minimum absolute atomic E-state index is 0.194. The van der Waals surface area contributed by atoms with Gasteiger partial charge < -0.3 is 15.2 Å². The molecule has 0 radical (unpaired) electrons. The first kappa shape index (κ1) is 13.7. The van der Waals surface area contributed by atoms with E-state index in [0.29, 0.717) is 23.8 Å². The molecule has 94 valence electrons. The number of thioether (sulfide) groups is 1. The third-order valence-corrected chi connectivity index (χ3v) is 3.04.